The van der Waals surface area contributed by atoms with Crippen molar-refractivity contribution in [2.75, 3.05) is 26.9 Å². The minimum Gasteiger partial charge on any atom is -0.468 e. The molecule has 1 aromatic carbocycles. The summed E-state index contributed by atoms with van der Waals surface area (Å²) in [6, 6.07) is 8.62. The van der Waals surface area contributed by atoms with Crippen LogP contribution in [-0.4, -0.2) is 37.8 Å². The van der Waals surface area contributed by atoms with Crippen LogP contribution in [-0.2, 0) is 19.7 Å². The van der Waals surface area contributed by atoms with Gasteiger partial charge < -0.3 is 19.8 Å². The van der Waals surface area contributed by atoms with Gasteiger partial charge in [0.25, 0.3) is 0 Å². The maximum Gasteiger partial charge on any atom is 0.320 e. The number of para-hydroxylation sites is 1. The largest absolute Gasteiger partial charge is 0.468 e. The Balaban J connectivity index is 1.87. The number of methoxy groups -OCH3 is 1. The van der Waals surface area contributed by atoms with Gasteiger partial charge in [-0.05, 0) is 42.9 Å². The van der Waals surface area contributed by atoms with Crippen LogP contribution in [0.3, 0.4) is 0 Å². The Kier molecular flexibility index (Phi) is 3.06. The Morgan fingerprint density at radius 1 is 1.33 bits per heavy atom. The predicted octanol–water partition coefficient (Wildman–Crippen LogP) is 2.28. The van der Waals surface area contributed by atoms with E-state index in [2.05, 4.69) is 28.5 Å². The fourth-order valence-electron chi connectivity index (χ4n) is 5.44. The molecule has 1 aromatic heterocycles. The molecule has 5 rings (SSSR count). The van der Waals surface area contributed by atoms with E-state index in [1.165, 1.54) is 18.1 Å². The number of aromatic amines is 1. The van der Waals surface area contributed by atoms with E-state index in [9.17, 15) is 4.79 Å². The fourth-order valence-corrected chi connectivity index (χ4v) is 5.44. The van der Waals surface area contributed by atoms with Gasteiger partial charge in [0.05, 0.1) is 13.7 Å². The number of aromatic nitrogens is 1. The summed E-state index contributed by atoms with van der Waals surface area (Å²) in [6.45, 7) is 2.05. The molecule has 2 N–H and O–H groups in total. The van der Waals surface area contributed by atoms with Crippen LogP contribution in [0.5, 0.6) is 0 Å². The summed E-state index contributed by atoms with van der Waals surface area (Å²) in [5, 5.41) is 4.93. The molecule has 5 nitrogen and oxygen atoms in total. The van der Waals surface area contributed by atoms with E-state index in [0.717, 1.165) is 30.6 Å². The molecule has 0 radical (unpaired) electrons. The van der Waals surface area contributed by atoms with Crippen LogP contribution in [0.25, 0.3) is 10.9 Å². The second-order valence-electron chi connectivity index (χ2n) is 7.25. The summed E-state index contributed by atoms with van der Waals surface area (Å²) in [7, 11) is 1.49. The molecule has 4 atom stereocenters. The summed E-state index contributed by atoms with van der Waals surface area (Å²) in [4.78, 5) is 16.6. The molecule has 24 heavy (non-hydrogen) atoms. The van der Waals surface area contributed by atoms with E-state index in [1.807, 2.05) is 6.07 Å². The maximum absolute atomic E-state index is 13.0. The first kappa shape index (κ1) is 14.5. The quantitative estimate of drug-likeness (QED) is 0.789. The Morgan fingerprint density at radius 3 is 3.08 bits per heavy atom. The Labute approximate surface area is 140 Å². The Morgan fingerprint density at radius 2 is 2.21 bits per heavy atom. The lowest BCUT2D eigenvalue weighted by atomic mass is 9.57. The normalized spacial score (nSPS) is 34.5. The summed E-state index contributed by atoms with van der Waals surface area (Å²) in [5.41, 5.74) is 2.64. The van der Waals surface area contributed by atoms with Gasteiger partial charge in [-0.15, -0.1) is 0 Å². The molecule has 3 aliphatic rings. The topological polar surface area (TPSA) is 63.4 Å². The third-order valence-corrected chi connectivity index (χ3v) is 6.38. The number of ether oxygens (including phenoxy) is 2. The molecule has 3 heterocycles. The number of hydrogen-bond donors (Lipinski definition) is 2. The number of piperidine rings is 1. The highest BCUT2D eigenvalue weighted by Crippen LogP contribution is 2.56. The van der Waals surface area contributed by atoms with Gasteiger partial charge >= 0.3 is 5.97 Å². The van der Waals surface area contributed by atoms with Crippen LogP contribution in [0.1, 0.15) is 30.1 Å². The highest BCUT2D eigenvalue weighted by molar-refractivity contribution is 5.92. The summed E-state index contributed by atoms with van der Waals surface area (Å²) in [6.07, 6.45) is 1.97. The van der Waals surface area contributed by atoms with E-state index in [0.29, 0.717) is 19.1 Å². The van der Waals surface area contributed by atoms with Gasteiger partial charge in [-0.1, -0.05) is 18.2 Å². The van der Waals surface area contributed by atoms with Gasteiger partial charge in [0.15, 0.2) is 0 Å². The second-order valence-corrected chi connectivity index (χ2v) is 7.25. The number of nitrogens with one attached hydrogen (secondary N) is 2. The summed E-state index contributed by atoms with van der Waals surface area (Å²) < 4.78 is 11.3. The lowest BCUT2D eigenvalue weighted by molar-refractivity contribution is -0.155. The van der Waals surface area contributed by atoms with E-state index in [4.69, 9.17) is 9.47 Å². The van der Waals surface area contributed by atoms with Gasteiger partial charge in [0, 0.05) is 29.2 Å². The van der Waals surface area contributed by atoms with Crippen LogP contribution in [0.15, 0.2) is 24.3 Å². The first-order valence-corrected chi connectivity index (χ1v) is 8.78. The molecule has 1 unspecified atom stereocenters. The molecule has 2 aliphatic heterocycles. The molecular formula is C19H22N2O3. The monoisotopic (exact) mass is 326 g/mol. The smallest absolute Gasteiger partial charge is 0.320 e. The Bertz CT molecular complexity index is 814. The molecule has 0 saturated carbocycles. The van der Waals surface area contributed by atoms with Crippen molar-refractivity contribution in [2.24, 2.45) is 11.8 Å². The third-order valence-electron chi connectivity index (χ3n) is 6.38. The van der Waals surface area contributed by atoms with E-state index in [-0.39, 0.29) is 17.9 Å². The molecule has 4 bridgehead atoms. The lowest BCUT2D eigenvalue weighted by Gasteiger charge is -2.50. The van der Waals surface area contributed by atoms with Crippen LogP contribution in [0.4, 0.5) is 0 Å². The lowest BCUT2D eigenvalue weighted by Crippen LogP contribution is -2.58. The van der Waals surface area contributed by atoms with E-state index < -0.39 is 5.41 Å². The van der Waals surface area contributed by atoms with Crippen molar-refractivity contribution in [2.45, 2.75) is 24.3 Å². The zero-order valence-electron chi connectivity index (χ0n) is 13.8. The number of rotatable bonds is 1. The highest BCUT2D eigenvalue weighted by atomic mass is 16.5. The van der Waals surface area contributed by atoms with E-state index >= 15 is 0 Å². The molecule has 0 amide bonds. The molecule has 126 valence electrons. The van der Waals surface area contributed by atoms with Crippen molar-refractivity contribution >= 4 is 16.9 Å². The van der Waals surface area contributed by atoms with Gasteiger partial charge in [-0.25, -0.2) is 0 Å². The maximum atomic E-state index is 13.0. The number of carbonyl (C=O) groups excluding carboxylic acids is 1. The first-order chi connectivity index (χ1) is 11.8. The van der Waals surface area contributed by atoms with Crippen molar-refractivity contribution in [3.63, 3.8) is 0 Å². The van der Waals surface area contributed by atoms with Crippen molar-refractivity contribution in [1.29, 1.82) is 0 Å². The molecule has 2 aromatic rings. The molecular weight excluding hydrogens is 304 g/mol. The number of carbonyl (C=O) groups is 1. The van der Waals surface area contributed by atoms with Crippen LogP contribution in [0.2, 0.25) is 0 Å². The first-order valence-electron chi connectivity index (χ1n) is 8.78. The third kappa shape index (κ3) is 1.64. The number of benzene rings is 1. The van der Waals surface area contributed by atoms with Gasteiger partial charge in [-0.2, -0.15) is 0 Å². The Hall–Kier alpha value is -1.85. The zero-order chi connectivity index (χ0) is 16.3. The molecule has 2 fully saturated rings. The molecule has 2 saturated heterocycles. The zero-order valence-corrected chi connectivity index (χ0v) is 13.8. The van der Waals surface area contributed by atoms with E-state index in [1.54, 1.807) is 0 Å². The second kappa shape index (κ2) is 5.07. The fraction of sp³-hybridized carbons (Fsp3) is 0.526. The van der Waals surface area contributed by atoms with Gasteiger partial charge in [0.1, 0.15) is 5.41 Å². The van der Waals surface area contributed by atoms with Gasteiger partial charge in [-0.3, -0.25) is 4.79 Å². The molecule has 1 aliphatic carbocycles. The SMILES string of the molecule is COC(=O)C12COCC[C@@H]3[C@@H](NCC[C@@H]31)c1c2[nH]c2ccccc12. The van der Waals surface area contributed by atoms with Crippen LogP contribution in [0, 0.1) is 11.8 Å². The number of H-pyrrole nitrogens is 1. The molecule has 5 heteroatoms. The highest BCUT2D eigenvalue weighted by Gasteiger charge is 2.60. The molecule has 0 spiro atoms. The minimum absolute atomic E-state index is 0.160. The van der Waals surface area contributed by atoms with Crippen LogP contribution >= 0.6 is 0 Å². The number of esters is 1. The standard InChI is InChI=1S/C19H22N2O3/c1-23-18(22)19-10-24-9-7-11-13(19)6-8-20-16(11)15-12-4-2-3-5-14(12)21-17(15)19/h2-5,11,13,16,20-21H,6-10H2,1H3/t11-,13-,16+,19?/m0/s1. The average Bonchev–Trinajstić information content (AvgIpc) is 2.91. The number of hydrogen-bond acceptors (Lipinski definition) is 4. The van der Waals surface area contributed by atoms with Crippen molar-refractivity contribution in [3.8, 4) is 0 Å². The van der Waals surface area contributed by atoms with Gasteiger partial charge in [0.2, 0.25) is 0 Å². The summed E-state index contributed by atoms with van der Waals surface area (Å²) >= 11 is 0. The minimum atomic E-state index is -0.705. The number of fused-ring (bicyclic) bond motifs is 5. The van der Waals surface area contributed by atoms with Crippen molar-refractivity contribution in [1.82, 2.24) is 10.3 Å². The van der Waals surface area contributed by atoms with Crippen molar-refractivity contribution in [3.05, 3.63) is 35.5 Å². The van der Waals surface area contributed by atoms with Crippen LogP contribution < -0.4 is 5.32 Å². The average molecular weight is 326 g/mol. The predicted molar refractivity (Wildman–Crippen MR) is 89.8 cm³/mol. The summed E-state index contributed by atoms with van der Waals surface area (Å²) in [5.74, 6) is 0.513. The van der Waals surface area contributed by atoms with Crippen molar-refractivity contribution < 1.29 is 14.3 Å².